The monoisotopic (exact) mass is 232 g/mol. The number of methoxy groups -OCH3 is 1. The Kier molecular flexibility index (Phi) is 3.27. The van der Waals surface area contributed by atoms with Crippen molar-refractivity contribution in [2.24, 2.45) is 17.8 Å². The van der Waals surface area contributed by atoms with Gasteiger partial charge in [0.2, 0.25) is 0 Å². The molecule has 0 spiro atoms. The van der Waals surface area contributed by atoms with Gasteiger partial charge in [-0.1, -0.05) is 37.3 Å². The molecule has 0 aliphatic heterocycles. The Morgan fingerprint density at radius 3 is 2.41 bits per heavy atom. The van der Waals surface area contributed by atoms with Crippen LogP contribution in [0, 0.1) is 17.8 Å². The van der Waals surface area contributed by atoms with E-state index < -0.39 is 0 Å². The van der Waals surface area contributed by atoms with Crippen molar-refractivity contribution in [3.05, 3.63) is 35.9 Å². The smallest absolute Gasteiger partial charge is 0.309 e. The van der Waals surface area contributed by atoms with Gasteiger partial charge in [-0.3, -0.25) is 9.59 Å². The van der Waals surface area contributed by atoms with E-state index >= 15 is 0 Å². The molecule has 1 saturated carbocycles. The van der Waals surface area contributed by atoms with Crippen LogP contribution in [0.2, 0.25) is 0 Å². The van der Waals surface area contributed by atoms with Gasteiger partial charge in [-0.2, -0.15) is 0 Å². The maximum Gasteiger partial charge on any atom is 0.309 e. The molecule has 0 unspecified atom stereocenters. The third-order valence-corrected chi connectivity index (χ3v) is 3.54. The summed E-state index contributed by atoms with van der Waals surface area (Å²) in [5, 5.41) is 0. The van der Waals surface area contributed by atoms with Crippen molar-refractivity contribution in [3.8, 4) is 0 Å². The topological polar surface area (TPSA) is 43.4 Å². The summed E-state index contributed by atoms with van der Waals surface area (Å²) in [4.78, 5) is 23.8. The fourth-order valence-corrected chi connectivity index (χ4v) is 2.52. The van der Waals surface area contributed by atoms with Crippen LogP contribution >= 0.6 is 0 Å². The molecule has 3 nitrogen and oxygen atoms in total. The Labute approximate surface area is 101 Å². The number of Topliss-reactive ketones (excluding diaryl/α,β-unsaturated/α-hetero) is 1. The maximum atomic E-state index is 12.3. The molecule has 1 fully saturated rings. The molecule has 2 rings (SSSR count). The summed E-state index contributed by atoms with van der Waals surface area (Å²) in [6, 6.07) is 9.13. The van der Waals surface area contributed by atoms with Gasteiger partial charge >= 0.3 is 5.97 Å². The lowest BCUT2D eigenvalue weighted by atomic mass is 9.63. The SMILES string of the molecule is COC(=O)[C@@H]1C[C@H](C)[C@H]1C(=O)c1ccccc1. The van der Waals surface area contributed by atoms with Gasteiger partial charge in [-0.15, -0.1) is 0 Å². The van der Waals surface area contributed by atoms with Gasteiger partial charge in [0.15, 0.2) is 5.78 Å². The van der Waals surface area contributed by atoms with Gasteiger partial charge in [-0.05, 0) is 12.3 Å². The Morgan fingerprint density at radius 1 is 1.24 bits per heavy atom. The fraction of sp³-hybridized carbons (Fsp3) is 0.429. The molecule has 17 heavy (non-hydrogen) atoms. The molecule has 0 bridgehead atoms. The van der Waals surface area contributed by atoms with Gasteiger partial charge in [0.25, 0.3) is 0 Å². The van der Waals surface area contributed by atoms with E-state index in [-0.39, 0.29) is 29.5 Å². The minimum absolute atomic E-state index is 0.0553. The van der Waals surface area contributed by atoms with Crippen molar-refractivity contribution >= 4 is 11.8 Å². The molecule has 0 heterocycles. The first-order chi connectivity index (χ1) is 8.15. The molecule has 0 aromatic heterocycles. The van der Waals surface area contributed by atoms with E-state index in [9.17, 15) is 9.59 Å². The Morgan fingerprint density at radius 2 is 1.88 bits per heavy atom. The first-order valence-corrected chi connectivity index (χ1v) is 5.82. The summed E-state index contributed by atoms with van der Waals surface area (Å²) in [6.45, 7) is 2.00. The highest BCUT2D eigenvalue weighted by atomic mass is 16.5. The highest BCUT2D eigenvalue weighted by molar-refractivity contribution is 6.01. The van der Waals surface area contributed by atoms with E-state index in [0.29, 0.717) is 5.56 Å². The average Bonchev–Trinajstić information content (AvgIpc) is 2.35. The summed E-state index contributed by atoms with van der Waals surface area (Å²) in [7, 11) is 1.37. The van der Waals surface area contributed by atoms with Gasteiger partial charge in [-0.25, -0.2) is 0 Å². The zero-order valence-corrected chi connectivity index (χ0v) is 10.1. The van der Waals surface area contributed by atoms with Crippen molar-refractivity contribution in [1.82, 2.24) is 0 Å². The Hall–Kier alpha value is -1.64. The first kappa shape index (κ1) is 11.8. The van der Waals surface area contributed by atoms with Crippen LogP contribution in [0.3, 0.4) is 0 Å². The Balaban J connectivity index is 2.16. The average molecular weight is 232 g/mol. The molecule has 1 aliphatic rings. The fourth-order valence-electron chi connectivity index (χ4n) is 2.52. The molecule has 0 saturated heterocycles. The third kappa shape index (κ3) is 2.09. The van der Waals surface area contributed by atoms with E-state index in [1.165, 1.54) is 7.11 Å². The molecule has 1 aliphatic carbocycles. The second kappa shape index (κ2) is 4.70. The number of hydrogen-bond acceptors (Lipinski definition) is 3. The molecule has 1 aromatic rings. The van der Waals surface area contributed by atoms with Crippen LogP contribution < -0.4 is 0 Å². The number of rotatable bonds is 3. The van der Waals surface area contributed by atoms with E-state index in [1.54, 1.807) is 12.1 Å². The van der Waals surface area contributed by atoms with Crippen LogP contribution in [0.25, 0.3) is 0 Å². The quantitative estimate of drug-likeness (QED) is 0.593. The largest absolute Gasteiger partial charge is 0.469 e. The number of benzene rings is 1. The van der Waals surface area contributed by atoms with Gasteiger partial charge in [0.05, 0.1) is 13.0 Å². The van der Waals surface area contributed by atoms with Crippen LogP contribution in [0.4, 0.5) is 0 Å². The number of carbonyl (C=O) groups is 2. The van der Waals surface area contributed by atoms with E-state index in [1.807, 2.05) is 25.1 Å². The number of ether oxygens (including phenoxy) is 1. The van der Waals surface area contributed by atoms with Crippen LogP contribution in [0.15, 0.2) is 30.3 Å². The number of hydrogen-bond donors (Lipinski definition) is 0. The minimum Gasteiger partial charge on any atom is -0.469 e. The summed E-state index contributed by atoms with van der Waals surface area (Å²) < 4.78 is 4.73. The van der Waals surface area contributed by atoms with Gasteiger partial charge < -0.3 is 4.74 Å². The van der Waals surface area contributed by atoms with Crippen molar-refractivity contribution in [1.29, 1.82) is 0 Å². The number of ketones is 1. The van der Waals surface area contributed by atoms with E-state index in [4.69, 9.17) is 4.74 Å². The summed E-state index contributed by atoms with van der Waals surface area (Å²) in [5.74, 6) is -0.434. The maximum absolute atomic E-state index is 12.3. The predicted octanol–water partition coefficient (Wildman–Crippen LogP) is 2.31. The second-order valence-electron chi connectivity index (χ2n) is 4.60. The predicted molar refractivity (Wildman–Crippen MR) is 63.5 cm³/mol. The van der Waals surface area contributed by atoms with Crippen molar-refractivity contribution in [2.45, 2.75) is 13.3 Å². The van der Waals surface area contributed by atoms with Crippen LogP contribution in [-0.4, -0.2) is 18.9 Å². The van der Waals surface area contributed by atoms with E-state index in [0.717, 1.165) is 6.42 Å². The first-order valence-electron chi connectivity index (χ1n) is 5.82. The van der Waals surface area contributed by atoms with Crippen molar-refractivity contribution in [2.75, 3.05) is 7.11 Å². The summed E-state index contributed by atoms with van der Waals surface area (Å²) in [6.07, 6.45) is 0.746. The minimum atomic E-state index is -0.266. The molecule has 3 atom stereocenters. The normalized spacial score (nSPS) is 27.1. The number of carbonyl (C=O) groups excluding carboxylic acids is 2. The Bertz CT molecular complexity index is 424. The zero-order valence-electron chi connectivity index (χ0n) is 10.1. The van der Waals surface area contributed by atoms with Gasteiger partial charge in [0.1, 0.15) is 0 Å². The molecule has 90 valence electrons. The molecule has 1 aromatic carbocycles. The molecular formula is C14H16O3. The van der Waals surface area contributed by atoms with Crippen molar-refractivity contribution in [3.63, 3.8) is 0 Å². The van der Waals surface area contributed by atoms with Crippen LogP contribution in [-0.2, 0) is 9.53 Å². The van der Waals surface area contributed by atoms with Crippen LogP contribution in [0.5, 0.6) is 0 Å². The lowest BCUT2D eigenvalue weighted by molar-refractivity contribution is -0.152. The van der Waals surface area contributed by atoms with Gasteiger partial charge in [0, 0.05) is 11.5 Å². The molecule has 0 radical (unpaired) electrons. The second-order valence-corrected chi connectivity index (χ2v) is 4.60. The lowest BCUT2D eigenvalue weighted by Gasteiger charge is -2.39. The standard InChI is InChI=1S/C14H16O3/c1-9-8-11(14(16)17-2)12(9)13(15)10-6-4-3-5-7-10/h3-7,9,11-12H,8H2,1-2H3/t9-,11+,12+/m0/s1. The lowest BCUT2D eigenvalue weighted by Crippen LogP contribution is -2.45. The molecular weight excluding hydrogens is 216 g/mol. The highest BCUT2D eigenvalue weighted by Crippen LogP contribution is 2.42. The molecule has 3 heteroatoms. The molecule has 0 amide bonds. The van der Waals surface area contributed by atoms with Crippen LogP contribution in [0.1, 0.15) is 23.7 Å². The third-order valence-electron chi connectivity index (χ3n) is 3.54. The number of esters is 1. The summed E-state index contributed by atoms with van der Waals surface area (Å²) >= 11 is 0. The van der Waals surface area contributed by atoms with E-state index in [2.05, 4.69) is 0 Å². The van der Waals surface area contributed by atoms with Crippen molar-refractivity contribution < 1.29 is 14.3 Å². The highest BCUT2D eigenvalue weighted by Gasteiger charge is 2.47. The molecule has 0 N–H and O–H groups in total. The zero-order chi connectivity index (χ0) is 12.4. The summed E-state index contributed by atoms with van der Waals surface area (Å²) in [5.41, 5.74) is 0.679.